The number of carbonyl (C=O) groups excluding carboxylic acids is 1. The lowest BCUT2D eigenvalue weighted by atomic mass is 10.3. The summed E-state index contributed by atoms with van der Waals surface area (Å²) in [5.74, 6) is -1.66. The summed E-state index contributed by atoms with van der Waals surface area (Å²) in [6.07, 6.45) is 2.12. The second kappa shape index (κ2) is 6.34. The number of hydrogen-bond acceptors (Lipinski definition) is 4. The molecular weight excluding hydrogens is 272 g/mol. The average molecular weight is 287 g/mol. The van der Waals surface area contributed by atoms with E-state index in [0.717, 1.165) is 25.0 Å². The van der Waals surface area contributed by atoms with Crippen molar-refractivity contribution in [2.75, 3.05) is 12.9 Å². The molecule has 0 aliphatic heterocycles. The van der Waals surface area contributed by atoms with E-state index >= 15 is 0 Å². The molecule has 2 rings (SSSR count). The first kappa shape index (κ1) is 14.3. The summed E-state index contributed by atoms with van der Waals surface area (Å²) in [7, 11) is 1.34. The van der Waals surface area contributed by atoms with Gasteiger partial charge in [0.2, 0.25) is 0 Å². The normalized spacial score (nSPS) is 16.2. The van der Waals surface area contributed by atoms with Gasteiger partial charge in [0, 0.05) is 16.7 Å². The second-order valence-electron chi connectivity index (χ2n) is 4.40. The van der Waals surface area contributed by atoms with Crippen LogP contribution in [0.1, 0.15) is 12.8 Å². The van der Waals surface area contributed by atoms with Crippen molar-refractivity contribution in [1.82, 2.24) is 5.32 Å². The van der Waals surface area contributed by atoms with E-state index in [-0.39, 0.29) is 5.97 Å². The molecule has 0 heterocycles. The standard InChI is InChI=1S/C13H15F2NO2S/c1-18-13(17)12(16-8-2-3-8)7-19-9-4-5-10(14)11(15)6-9/h4-6,8,12,16H,2-3,7H2,1H3. The molecule has 1 aliphatic rings. The average Bonchev–Trinajstić information content (AvgIpc) is 3.21. The molecule has 1 saturated carbocycles. The van der Waals surface area contributed by atoms with Crippen molar-refractivity contribution >= 4 is 17.7 Å². The quantitative estimate of drug-likeness (QED) is 0.644. The Bertz CT molecular complexity index is 466. The predicted octanol–water partition coefficient (Wildman–Crippen LogP) is 2.35. The van der Waals surface area contributed by atoms with Crippen LogP contribution in [0.25, 0.3) is 0 Å². The monoisotopic (exact) mass is 287 g/mol. The Morgan fingerprint density at radius 3 is 2.79 bits per heavy atom. The van der Waals surface area contributed by atoms with Crippen molar-refractivity contribution in [3.63, 3.8) is 0 Å². The molecule has 19 heavy (non-hydrogen) atoms. The molecule has 6 heteroatoms. The molecule has 1 fully saturated rings. The van der Waals surface area contributed by atoms with Crippen LogP contribution < -0.4 is 5.32 Å². The second-order valence-corrected chi connectivity index (χ2v) is 5.50. The van der Waals surface area contributed by atoms with Crippen molar-refractivity contribution in [2.24, 2.45) is 0 Å². The number of ether oxygens (including phenoxy) is 1. The number of benzene rings is 1. The highest BCUT2D eigenvalue weighted by atomic mass is 32.2. The number of nitrogens with one attached hydrogen (secondary N) is 1. The first-order chi connectivity index (χ1) is 9.10. The molecule has 0 spiro atoms. The Balaban J connectivity index is 1.93. The molecule has 0 saturated heterocycles. The predicted molar refractivity (Wildman–Crippen MR) is 69.0 cm³/mol. The van der Waals surface area contributed by atoms with Crippen molar-refractivity contribution < 1.29 is 18.3 Å². The van der Waals surface area contributed by atoms with Gasteiger partial charge in [0.15, 0.2) is 11.6 Å². The van der Waals surface area contributed by atoms with Gasteiger partial charge in [0.25, 0.3) is 0 Å². The molecule has 0 bridgehead atoms. The maximum Gasteiger partial charge on any atom is 0.323 e. The van der Waals surface area contributed by atoms with Crippen LogP contribution in [-0.2, 0) is 9.53 Å². The van der Waals surface area contributed by atoms with Gasteiger partial charge in [-0.05, 0) is 31.0 Å². The van der Waals surface area contributed by atoms with Crippen molar-refractivity contribution in [3.8, 4) is 0 Å². The van der Waals surface area contributed by atoms with E-state index in [0.29, 0.717) is 16.7 Å². The summed E-state index contributed by atoms with van der Waals surface area (Å²) < 4.78 is 30.6. The highest BCUT2D eigenvalue weighted by molar-refractivity contribution is 7.99. The van der Waals surface area contributed by atoms with Crippen LogP contribution in [-0.4, -0.2) is 30.9 Å². The highest BCUT2D eigenvalue weighted by Gasteiger charge is 2.28. The zero-order chi connectivity index (χ0) is 13.8. The number of rotatable bonds is 6. The minimum absolute atomic E-state index is 0.331. The van der Waals surface area contributed by atoms with Gasteiger partial charge in [-0.3, -0.25) is 4.79 Å². The molecule has 1 unspecified atom stereocenters. The van der Waals surface area contributed by atoms with E-state index in [2.05, 4.69) is 5.32 Å². The third kappa shape index (κ3) is 4.18. The van der Waals surface area contributed by atoms with Crippen LogP contribution in [0.4, 0.5) is 8.78 Å². The minimum Gasteiger partial charge on any atom is -0.468 e. The fraction of sp³-hybridized carbons (Fsp3) is 0.462. The third-order valence-electron chi connectivity index (χ3n) is 2.81. The highest BCUT2D eigenvalue weighted by Crippen LogP contribution is 2.24. The zero-order valence-electron chi connectivity index (χ0n) is 10.5. The Morgan fingerprint density at radius 2 is 2.21 bits per heavy atom. The van der Waals surface area contributed by atoms with Gasteiger partial charge in [0.05, 0.1) is 7.11 Å². The fourth-order valence-electron chi connectivity index (χ4n) is 1.61. The Kier molecular flexibility index (Phi) is 4.76. The van der Waals surface area contributed by atoms with Gasteiger partial charge >= 0.3 is 5.97 Å². The number of methoxy groups -OCH3 is 1. The summed E-state index contributed by atoms with van der Waals surface area (Å²) in [6.45, 7) is 0. The lowest BCUT2D eigenvalue weighted by molar-refractivity contribution is -0.142. The summed E-state index contributed by atoms with van der Waals surface area (Å²) in [5, 5.41) is 3.17. The van der Waals surface area contributed by atoms with Crippen LogP contribution in [0.15, 0.2) is 23.1 Å². The topological polar surface area (TPSA) is 38.3 Å². The number of carbonyl (C=O) groups is 1. The smallest absolute Gasteiger partial charge is 0.323 e. The van der Waals surface area contributed by atoms with Crippen LogP contribution in [0, 0.1) is 11.6 Å². The van der Waals surface area contributed by atoms with Gasteiger partial charge < -0.3 is 10.1 Å². The number of thioether (sulfide) groups is 1. The summed E-state index contributed by atoms with van der Waals surface area (Å²) in [4.78, 5) is 12.2. The van der Waals surface area contributed by atoms with Gasteiger partial charge in [-0.1, -0.05) is 0 Å². The molecule has 3 nitrogen and oxygen atoms in total. The Morgan fingerprint density at radius 1 is 1.47 bits per heavy atom. The number of hydrogen-bond donors (Lipinski definition) is 1. The largest absolute Gasteiger partial charge is 0.468 e. The Hall–Kier alpha value is -1.14. The van der Waals surface area contributed by atoms with Crippen molar-refractivity contribution in [3.05, 3.63) is 29.8 Å². The molecule has 1 aromatic rings. The molecule has 1 aromatic carbocycles. The van der Waals surface area contributed by atoms with E-state index in [1.165, 1.54) is 24.9 Å². The van der Waals surface area contributed by atoms with Gasteiger partial charge in [-0.2, -0.15) is 0 Å². The van der Waals surface area contributed by atoms with E-state index < -0.39 is 17.7 Å². The van der Waals surface area contributed by atoms with Crippen LogP contribution in [0.3, 0.4) is 0 Å². The van der Waals surface area contributed by atoms with Gasteiger partial charge in [-0.15, -0.1) is 11.8 Å². The van der Waals surface area contributed by atoms with Crippen molar-refractivity contribution in [2.45, 2.75) is 29.8 Å². The SMILES string of the molecule is COC(=O)C(CSc1ccc(F)c(F)c1)NC1CC1. The van der Waals surface area contributed by atoms with E-state index in [4.69, 9.17) is 4.74 Å². The zero-order valence-corrected chi connectivity index (χ0v) is 11.3. The van der Waals surface area contributed by atoms with E-state index in [1.54, 1.807) is 0 Å². The van der Waals surface area contributed by atoms with E-state index in [9.17, 15) is 13.6 Å². The summed E-state index contributed by atoms with van der Waals surface area (Å²) in [5.41, 5.74) is 0. The molecule has 1 N–H and O–H groups in total. The molecular formula is C13H15F2NO2S. The number of halogens is 2. The maximum atomic E-state index is 13.1. The minimum atomic E-state index is -0.880. The van der Waals surface area contributed by atoms with Crippen LogP contribution >= 0.6 is 11.8 Å². The first-order valence-electron chi connectivity index (χ1n) is 6.02. The number of esters is 1. The molecule has 0 radical (unpaired) electrons. The molecule has 0 amide bonds. The first-order valence-corrected chi connectivity index (χ1v) is 7.00. The lowest BCUT2D eigenvalue weighted by Crippen LogP contribution is -2.40. The molecule has 104 valence electrons. The summed E-state index contributed by atoms with van der Waals surface area (Å²) in [6, 6.07) is 3.66. The van der Waals surface area contributed by atoms with Gasteiger partial charge in [-0.25, -0.2) is 8.78 Å². The third-order valence-corrected chi connectivity index (χ3v) is 3.89. The fourth-order valence-corrected chi connectivity index (χ4v) is 2.55. The van der Waals surface area contributed by atoms with E-state index in [1.807, 2.05) is 0 Å². The molecule has 0 aromatic heterocycles. The van der Waals surface area contributed by atoms with Crippen molar-refractivity contribution in [1.29, 1.82) is 0 Å². The van der Waals surface area contributed by atoms with Crippen LogP contribution in [0.5, 0.6) is 0 Å². The molecule has 1 aliphatic carbocycles. The van der Waals surface area contributed by atoms with Gasteiger partial charge in [0.1, 0.15) is 6.04 Å². The molecule has 1 atom stereocenters. The Labute approximate surface area is 114 Å². The van der Waals surface area contributed by atoms with Crippen LogP contribution in [0.2, 0.25) is 0 Å². The maximum absolute atomic E-state index is 13.1. The summed E-state index contributed by atoms with van der Waals surface area (Å²) >= 11 is 1.29. The lowest BCUT2D eigenvalue weighted by Gasteiger charge is -2.15.